The Morgan fingerprint density at radius 3 is 2.86 bits per heavy atom. The van der Waals surface area contributed by atoms with Crippen LogP contribution in [-0.2, 0) is 13.6 Å². The van der Waals surface area contributed by atoms with Gasteiger partial charge in [0.15, 0.2) is 5.65 Å². The molecular formula is C15H17ClN6. The van der Waals surface area contributed by atoms with Gasteiger partial charge in [-0.15, -0.1) is 0 Å². The first-order valence-electron chi connectivity index (χ1n) is 7.09. The minimum atomic E-state index is 0.590. The summed E-state index contributed by atoms with van der Waals surface area (Å²) in [5, 5.41) is 12.4. The maximum atomic E-state index is 6.01. The minimum Gasteiger partial charge on any atom is -0.365 e. The first kappa shape index (κ1) is 14.6. The molecule has 3 rings (SSSR count). The van der Waals surface area contributed by atoms with Gasteiger partial charge in [-0.2, -0.15) is 15.1 Å². The van der Waals surface area contributed by atoms with Crippen molar-refractivity contribution in [2.75, 3.05) is 17.2 Å². The summed E-state index contributed by atoms with van der Waals surface area (Å²) in [6.45, 7) is 3.40. The first-order valence-corrected chi connectivity index (χ1v) is 7.47. The molecule has 1 aromatic carbocycles. The predicted molar refractivity (Wildman–Crippen MR) is 89.2 cm³/mol. The van der Waals surface area contributed by atoms with E-state index in [9.17, 15) is 0 Å². The van der Waals surface area contributed by atoms with Gasteiger partial charge in [0, 0.05) is 25.2 Å². The van der Waals surface area contributed by atoms with Crippen LogP contribution < -0.4 is 10.6 Å². The van der Waals surface area contributed by atoms with Crippen molar-refractivity contribution in [1.82, 2.24) is 19.7 Å². The number of halogens is 1. The van der Waals surface area contributed by atoms with Gasteiger partial charge in [0.05, 0.1) is 11.6 Å². The number of anilines is 2. The number of aromatic nitrogens is 4. The second-order valence-corrected chi connectivity index (χ2v) is 5.35. The smallest absolute Gasteiger partial charge is 0.226 e. The highest BCUT2D eigenvalue weighted by atomic mass is 35.5. The third kappa shape index (κ3) is 2.96. The van der Waals surface area contributed by atoms with Crippen molar-refractivity contribution in [3.63, 3.8) is 0 Å². The van der Waals surface area contributed by atoms with Crippen molar-refractivity contribution in [1.29, 1.82) is 0 Å². The minimum absolute atomic E-state index is 0.590. The van der Waals surface area contributed by atoms with E-state index in [4.69, 9.17) is 11.6 Å². The van der Waals surface area contributed by atoms with Crippen LogP contribution in [0.3, 0.4) is 0 Å². The summed E-state index contributed by atoms with van der Waals surface area (Å²) in [4.78, 5) is 8.99. The average molecular weight is 317 g/mol. The maximum absolute atomic E-state index is 6.01. The zero-order valence-corrected chi connectivity index (χ0v) is 13.2. The Morgan fingerprint density at radius 2 is 2.09 bits per heavy atom. The monoisotopic (exact) mass is 316 g/mol. The van der Waals surface area contributed by atoms with Gasteiger partial charge < -0.3 is 10.6 Å². The fraction of sp³-hybridized carbons (Fsp3) is 0.267. The van der Waals surface area contributed by atoms with Gasteiger partial charge in [-0.1, -0.05) is 23.7 Å². The summed E-state index contributed by atoms with van der Waals surface area (Å²) < 4.78 is 1.74. The molecule has 2 N–H and O–H groups in total. The molecule has 0 radical (unpaired) electrons. The van der Waals surface area contributed by atoms with Gasteiger partial charge in [0.1, 0.15) is 5.82 Å². The predicted octanol–water partition coefficient (Wildman–Crippen LogP) is 3.06. The Bertz CT molecular complexity index is 798. The summed E-state index contributed by atoms with van der Waals surface area (Å²) in [6.07, 6.45) is 1.77. The number of rotatable bonds is 5. The molecule has 0 bridgehead atoms. The van der Waals surface area contributed by atoms with Crippen LogP contribution in [0.25, 0.3) is 11.0 Å². The number of hydrogen-bond donors (Lipinski definition) is 2. The fourth-order valence-corrected chi connectivity index (χ4v) is 2.44. The molecule has 0 saturated heterocycles. The molecule has 2 aromatic heterocycles. The maximum Gasteiger partial charge on any atom is 0.226 e. The summed E-state index contributed by atoms with van der Waals surface area (Å²) in [5.74, 6) is 1.35. The fourth-order valence-electron chi connectivity index (χ4n) is 2.23. The Kier molecular flexibility index (Phi) is 4.11. The Balaban J connectivity index is 1.91. The van der Waals surface area contributed by atoms with Crippen LogP contribution in [0.4, 0.5) is 11.8 Å². The molecule has 2 heterocycles. The zero-order valence-electron chi connectivity index (χ0n) is 12.5. The highest BCUT2D eigenvalue weighted by Gasteiger charge is 2.11. The molecule has 0 atom stereocenters. The average Bonchev–Trinajstić information content (AvgIpc) is 2.87. The van der Waals surface area contributed by atoms with E-state index in [0.29, 0.717) is 12.5 Å². The lowest BCUT2D eigenvalue weighted by molar-refractivity contribution is 0.785. The Labute approximate surface area is 133 Å². The number of aryl methyl sites for hydroxylation is 1. The van der Waals surface area contributed by atoms with Crippen LogP contribution in [0, 0.1) is 0 Å². The Morgan fingerprint density at radius 1 is 1.23 bits per heavy atom. The summed E-state index contributed by atoms with van der Waals surface area (Å²) in [6, 6.07) is 7.74. The molecule has 0 aliphatic heterocycles. The van der Waals surface area contributed by atoms with Gasteiger partial charge in [-0.25, -0.2) is 0 Å². The highest BCUT2D eigenvalue weighted by molar-refractivity contribution is 6.30. The van der Waals surface area contributed by atoms with Gasteiger partial charge >= 0.3 is 0 Å². The molecule has 0 aliphatic carbocycles. The van der Waals surface area contributed by atoms with Crippen LogP contribution in [-0.4, -0.2) is 26.3 Å². The molecular weight excluding hydrogens is 300 g/mol. The highest BCUT2D eigenvalue weighted by Crippen LogP contribution is 2.22. The molecule has 0 amide bonds. The quantitative estimate of drug-likeness (QED) is 0.757. The summed E-state index contributed by atoms with van der Waals surface area (Å²) in [5.41, 5.74) is 1.88. The summed E-state index contributed by atoms with van der Waals surface area (Å²) in [7, 11) is 1.87. The lowest BCUT2D eigenvalue weighted by Gasteiger charge is -2.09. The normalized spacial score (nSPS) is 10.9. The SMILES string of the molecule is CCNc1nc(NCc2cccc(Cl)c2)c2cnn(C)c2n1. The molecule has 0 saturated carbocycles. The molecule has 22 heavy (non-hydrogen) atoms. The van der Waals surface area contributed by atoms with Gasteiger partial charge in [-0.05, 0) is 24.6 Å². The van der Waals surface area contributed by atoms with E-state index < -0.39 is 0 Å². The second kappa shape index (κ2) is 6.19. The van der Waals surface area contributed by atoms with E-state index in [0.717, 1.165) is 34.0 Å². The molecule has 3 aromatic rings. The van der Waals surface area contributed by atoms with Gasteiger partial charge in [-0.3, -0.25) is 4.68 Å². The largest absolute Gasteiger partial charge is 0.365 e. The van der Waals surface area contributed by atoms with E-state index in [1.165, 1.54) is 0 Å². The van der Waals surface area contributed by atoms with Crippen molar-refractivity contribution >= 4 is 34.4 Å². The molecule has 114 valence electrons. The topological polar surface area (TPSA) is 67.7 Å². The third-order valence-corrected chi connectivity index (χ3v) is 3.51. The number of hydrogen-bond acceptors (Lipinski definition) is 5. The second-order valence-electron chi connectivity index (χ2n) is 4.92. The van der Waals surface area contributed by atoms with Crippen LogP contribution in [0.15, 0.2) is 30.5 Å². The van der Waals surface area contributed by atoms with Crippen molar-refractivity contribution in [3.8, 4) is 0 Å². The van der Waals surface area contributed by atoms with Crippen LogP contribution >= 0.6 is 11.6 Å². The van der Waals surface area contributed by atoms with Crippen LogP contribution in [0.2, 0.25) is 5.02 Å². The van der Waals surface area contributed by atoms with Crippen molar-refractivity contribution in [2.45, 2.75) is 13.5 Å². The standard InChI is InChI=1S/C15H17ClN6/c1-3-17-15-20-13(12-9-19-22(2)14(12)21-15)18-8-10-5-4-6-11(16)7-10/h4-7,9H,3,8H2,1-2H3,(H2,17,18,20,21). The lowest BCUT2D eigenvalue weighted by atomic mass is 10.2. The lowest BCUT2D eigenvalue weighted by Crippen LogP contribution is -2.08. The zero-order chi connectivity index (χ0) is 15.5. The van der Waals surface area contributed by atoms with Crippen LogP contribution in [0.5, 0.6) is 0 Å². The summed E-state index contributed by atoms with van der Waals surface area (Å²) >= 11 is 6.01. The van der Waals surface area contributed by atoms with E-state index in [1.54, 1.807) is 10.9 Å². The van der Waals surface area contributed by atoms with E-state index in [-0.39, 0.29) is 0 Å². The van der Waals surface area contributed by atoms with E-state index in [2.05, 4.69) is 25.7 Å². The van der Waals surface area contributed by atoms with Crippen LogP contribution in [0.1, 0.15) is 12.5 Å². The van der Waals surface area contributed by atoms with Gasteiger partial charge in [0.25, 0.3) is 0 Å². The van der Waals surface area contributed by atoms with Crippen molar-refractivity contribution in [3.05, 3.63) is 41.0 Å². The molecule has 0 aliphatic rings. The molecule has 0 fully saturated rings. The molecule has 0 unspecified atom stereocenters. The van der Waals surface area contributed by atoms with E-state index >= 15 is 0 Å². The van der Waals surface area contributed by atoms with Crippen molar-refractivity contribution in [2.24, 2.45) is 7.05 Å². The van der Waals surface area contributed by atoms with Crippen molar-refractivity contribution < 1.29 is 0 Å². The number of fused-ring (bicyclic) bond motifs is 1. The molecule has 6 nitrogen and oxygen atoms in total. The third-order valence-electron chi connectivity index (χ3n) is 3.28. The first-order chi connectivity index (χ1) is 10.7. The number of nitrogens with zero attached hydrogens (tertiary/aromatic N) is 4. The molecule has 0 spiro atoms. The van der Waals surface area contributed by atoms with Gasteiger partial charge in [0.2, 0.25) is 5.95 Å². The van der Waals surface area contributed by atoms with E-state index in [1.807, 2.05) is 38.2 Å². The molecule has 7 heteroatoms. The Hall–Kier alpha value is -2.34. The number of nitrogens with one attached hydrogen (secondary N) is 2. The number of benzene rings is 1.